The first kappa shape index (κ1) is 23.1. The van der Waals surface area contributed by atoms with Gasteiger partial charge in [-0.3, -0.25) is 0 Å². The first-order chi connectivity index (χ1) is 17.6. The van der Waals surface area contributed by atoms with E-state index in [1.54, 1.807) is 6.07 Å². The van der Waals surface area contributed by atoms with Crippen LogP contribution in [-0.2, 0) is 11.8 Å². The van der Waals surface area contributed by atoms with E-state index in [1.165, 1.54) is 0 Å². The lowest BCUT2D eigenvalue weighted by molar-refractivity contribution is 0.0693. The molecule has 0 amide bonds. The van der Waals surface area contributed by atoms with Crippen LogP contribution in [0.25, 0.3) is 0 Å². The highest BCUT2D eigenvalue weighted by Crippen LogP contribution is 2.46. The molecule has 0 radical (unpaired) electrons. The first-order valence-corrected chi connectivity index (χ1v) is 11.9. The Kier molecular flexibility index (Phi) is 6.38. The average Bonchev–Trinajstić information content (AvgIpc) is 2.93. The Balaban J connectivity index is 1.88. The van der Waals surface area contributed by atoms with Gasteiger partial charge in [0.25, 0.3) is 0 Å². The highest BCUT2D eigenvalue weighted by Gasteiger charge is 2.39. The third kappa shape index (κ3) is 4.16. The van der Waals surface area contributed by atoms with Gasteiger partial charge in [-0.1, -0.05) is 127 Å². The van der Waals surface area contributed by atoms with Crippen LogP contribution in [0.4, 0.5) is 0 Å². The van der Waals surface area contributed by atoms with Crippen molar-refractivity contribution in [3.63, 3.8) is 0 Å². The number of carbonyl (C=O) groups is 1. The smallest absolute Gasteiger partial charge is 0.339 e. The molecular weight excluding hydrogens is 444 g/mol. The van der Waals surface area contributed by atoms with Gasteiger partial charge >= 0.3 is 5.97 Å². The summed E-state index contributed by atoms with van der Waals surface area (Å²) in [5, 5.41) is 21.1. The van der Waals surface area contributed by atoms with Crippen molar-refractivity contribution in [3.05, 3.63) is 172 Å². The predicted octanol–water partition coefficient (Wildman–Crippen LogP) is 7.06. The van der Waals surface area contributed by atoms with Crippen molar-refractivity contribution in [2.24, 2.45) is 0 Å². The molecule has 0 aliphatic rings. The molecule has 5 aromatic carbocycles. The van der Waals surface area contributed by atoms with Gasteiger partial charge in [0, 0.05) is 6.42 Å². The van der Waals surface area contributed by atoms with Crippen LogP contribution in [0.1, 0.15) is 43.7 Å². The molecule has 5 aromatic rings. The molecule has 36 heavy (non-hydrogen) atoms. The average molecular weight is 471 g/mol. The van der Waals surface area contributed by atoms with E-state index in [0.29, 0.717) is 12.0 Å². The van der Waals surface area contributed by atoms with Gasteiger partial charge in [0.05, 0.1) is 5.41 Å². The van der Waals surface area contributed by atoms with E-state index in [9.17, 15) is 15.0 Å². The molecule has 0 unspecified atom stereocenters. The lowest BCUT2D eigenvalue weighted by Gasteiger charge is -2.37. The first-order valence-electron chi connectivity index (χ1n) is 11.9. The van der Waals surface area contributed by atoms with E-state index in [4.69, 9.17) is 0 Å². The maximum atomic E-state index is 12.4. The van der Waals surface area contributed by atoms with E-state index in [-0.39, 0.29) is 11.3 Å². The van der Waals surface area contributed by atoms with Crippen LogP contribution in [0.5, 0.6) is 5.75 Å². The number of aromatic carboxylic acids is 1. The Morgan fingerprint density at radius 2 is 1.00 bits per heavy atom. The lowest BCUT2D eigenvalue weighted by atomic mass is 9.64. The van der Waals surface area contributed by atoms with Gasteiger partial charge in [-0.25, -0.2) is 4.79 Å². The molecule has 5 rings (SSSR count). The predicted molar refractivity (Wildman–Crippen MR) is 143 cm³/mol. The molecule has 0 saturated carbocycles. The molecule has 2 N–H and O–H groups in total. The van der Waals surface area contributed by atoms with Crippen molar-refractivity contribution in [2.75, 3.05) is 0 Å². The Hall–Kier alpha value is -4.63. The Morgan fingerprint density at radius 1 is 0.583 bits per heavy atom. The van der Waals surface area contributed by atoms with Gasteiger partial charge in [-0.15, -0.1) is 0 Å². The highest BCUT2D eigenvalue weighted by molar-refractivity contribution is 5.92. The SMILES string of the molecule is O=C(O)c1cc(C(c2ccccc2)(c2ccccc2)c2ccccc2)cc(Cc2ccccc2)c1O. The monoisotopic (exact) mass is 470 g/mol. The number of aromatic hydroxyl groups is 1. The maximum absolute atomic E-state index is 12.4. The van der Waals surface area contributed by atoms with Gasteiger partial charge in [-0.05, 0) is 39.4 Å². The fourth-order valence-corrected chi connectivity index (χ4v) is 5.09. The topological polar surface area (TPSA) is 57.5 Å². The van der Waals surface area contributed by atoms with Crippen molar-refractivity contribution in [1.29, 1.82) is 0 Å². The van der Waals surface area contributed by atoms with Crippen LogP contribution in [0.3, 0.4) is 0 Å². The number of hydrogen-bond donors (Lipinski definition) is 2. The summed E-state index contributed by atoms with van der Waals surface area (Å²) < 4.78 is 0. The van der Waals surface area contributed by atoms with E-state index in [0.717, 1.165) is 27.8 Å². The summed E-state index contributed by atoms with van der Waals surface area (Å²) >= 11 is 0. The molecule has 0 atom stereocenters. The quantitative estimate of drug-likeness (QED) is 0.250. The standard InChI is InChI=1S/C33H26O3/c34-31-25(21-24-13-5-1-6-14-24)22-29(23-30(31)32(35)36)33(26-15-7-2-8-16-26,27-17-9-3-10-18-27)28-19-11-4-12-20-28/h1-20,22-23,34H,21H2,(H,35,36). The van der Waals surface area contributed by atoms with E-state index in [2.05, 4.69) is 36.4 Å². The zero-order valence-corrected chi connectivity index (χ0v) is 19.7. The molecular formula is C33H26O3. The zero-order valence-electron chi connectivity index (χ0n) is 19.7. The largest absolute Gasteiger partial charge is 0.507 e. The van der Waals surface area contributed by atoms with Crippen LogP contribution in [0.15, 0.2) is 133 Å². The highest BCUT2D eigenvalue weighted by atomic mass is 16.4. The number of rotatable bonds is 7. The van der Waals surface area contributed by atoms with Crippen molar-refractivity contribution in [1.82, 2.24) is 0 Å². The van der Waals surface area contributed by atoms with Crippen LogP contribution in [0.2, 0.25) is 0 Å². The Labute approximate surface area is 211 Å². The van der Waals surface area contributed by atoms with E-state index >= 15 is 0 Å². The van der Waals surface area contributed by atoms with Crippen molar-refractivity contribution < 1.29 is 15.0 Å². The number of benzene rings is 5. The molecule has 0 saturated heterocycles. The third-order valence-electron chi connectivity index (χ3n) is 6.71. The molecule has 0 fully saturated rings. The molecule has 176 valence electrons. The summed E-state index contributed by atoms with van der Waals surface area (Å²) in [6.07, 6.45) is 0.412. The maximum Gasteiger partial charge on any atom is 0.339 e. The fraction of sp³-hybridized carbons (Fsp3) is 0.0606. The molecule has 3 nitrogen and oxygen atoms in total. The van der Waals surface area contributed by atoms with E-state index in [1.807, 2.05) is 91.0 Å². The van der Waals surface area contributed by atoms with Crippen molar-refractivity contribution >= 4 is 5.97 Å². The van der Waals surface area contributed by atoms with Gasteiger partial charge in [0.15, 0.2) is 0 Å². The molecule has 0 aromatic heterocycles. The van der Waals surface area contributed by atoms with Gasteiger partial charge in [-0.2, -0.15) is 0 Å². The summed E-state index contributed by atoms with van der Waals surface area (Å²) in [6, 6.07) is 43.7. The number of phenols is 1. The molecule has 0 heterocycles. The zero-order chi connectivity index (χ0) is 25.0. The third-order valence-corrected chi connectivity index (χ3v) is 6.71. The van der Waals surface area contributed by atoms with Crippen molar-refractivity contribution in [2.45, 2.75) is 11.8 Å². The molecule has 0 aliphatic heterocycles. The normalized spacial score (nSPS) is 11.2. The molecule has 0 spiro atoms. The summed E-state index contributed by atoms with van der Waals surface area (Å²) in [4.78, 5) is 12.4. The number of carboxylic acids is 1. The molecule has 0 bridgehead atoms. The Bertz CT molecular complexity index is 1370. The summed E-state index contributed by atoms with van der Waals surface area (Å²) in [6.45, 7) is 0. The summed E-state index contributed by atoms with van der Waals surface area (Å²) in [5.41, 5.74) is 4.47. The lowest BCUT2D eigenvalue weighted by Crippen LogP contribution is -2.31. The second-order valence-corrected chi connectivity index (χ2v) is 8.85. The summed E-state index contributed by atoms with van der Waals surface area (Å²) in [7, 11) is 0. The van der Waals surface area contributed by atoms with E-state index < -0.39 is 11.4 Å². The minimum atomic E-state index is -1.16. The van der Waals surface area contributed by atoms with Gasteiger partial charge in [0.1, 0.15) is 11.3 Å². The van der Waals surface area contributed by atoms with Crippen LogP contribution >= 0.6 is 0 Å². The Morgan fingerprint density at radius 3 is 1.42 bits per heavy atom. The second kappa shape index (κ2) is 9.93. The van der Waals surface area contributed by atoms with Crippen molar-refractivity contribution in [3.8, 4) is 5.75 Å². The number of carboxylic acid groups (broad SMARTS) is 1. The van der Waals surface area contributed by atoms with Crippen LogP contribution < -0.4 is 0 Å². The van der Waals surface area contributed by atoms with Gasteiger partial charge in [0.2, 0.25) is 0 Å². The molecule has 3 heteroatoms. The number of hydrogen-bond acceptors (Lipinski definition) is 2. The van der Waals surface area contributed by atoms with Crippen LogP contribution in [-0.4, -0.2) is 16.2 Å². The minimum absolute atomic E-state index is 0.106. The minimum Gasteiger partial charge on any atom is -0.507 e. The summed E-state index contributed by atoms with van der Waals surface area (Å²) in [5.74, 6) is -1.36. The van der Waals surface area contributed by atoms with Gasteiger partial charge < -0.3 is 10.2 Å². The second-order valence-electron chi connectivity index (χ2n) is 8.85. The molecule has 0 aliphatic carbocycles. The van der Waals surface area contributed by atoms with Crippen LogP contribution in [0, 0.1) is 0 Å². The fourth-order valence-electron chi connectivity index (χ4n) is 5.09.